The predicted molar refractivity (Wildman–Crippen MR) is 66.4 cm³/mol. The highest BCUT2D eigenvalue weighted by atomic mass is 16.5. The molecule has 0 aliphatic carbocycles. The van der Waals surface area contributed by atoms with Gasteiger partial charge in [0.2, 0.25) is 5.91 Å². The molecule has 2 unspecified atom stereocenters. The van der Waals surface area contributed by atoms with Gasteiger partial charge >= 0.3 is 0 Å². The van der Waals surface area contributed by atoms with Gasteiger partial charge in [0.05, 0.1) is 12.6 Å². The minimum Gasteiger partial charge on any atom is -0.383 e. The van der Waals surface area contributed by atoms with Crippen molar-refractivity contribution < 1.29 is 9.53 Å². The fourth-order valence-corrected chi connectivity index (χ4v) is 1.75. The minimum absolute atomic E-state index is 0.0270. The molecule has 0 rings (SSSR count). The van der Waals surface area contributed by atoms with Crippen molar-refractivity contribution in [3.8, 4) is 0 Å². The van der Waals surface area contributed by atoms with E-state index in [0.717, 1.165) is 19.6 Å². The summed E-state index contributed by atoms with van der Waals surface area (Å²) >= 11 is 0. The van der Waals surface area contributed by atoms with E-state index in [4.69, 9.17) is 4.74 Å². The second-order valence-electron chi connectivity index (χ2n) is 4.14. The number of likely N-dealkylation sites (N-methyl/N-ethyl adjacent to an activating group) is 1. The third-order valence-corrected chi connectivity index (χ3v) is 2.69. The first kappa shape index (κ1) is 15.4. The summed E-state index contributed by atoms with van der Waals surface area (Å²) in [5.74, 6) is 0.229. The van der Waals surface area contributed by atoms with Crippen LogP contribution < -0.4 is 5.32 Å². The summed E-state index contributed by atoms with van der Waals surface area (Å²) in [7, 11) is 1.66. The monoisotopic (exact) mass is 230 g/mol. The molecule has 0 aliphatic rings. The highest BCUT2D eigenvalue weighted by Gasteiger charge is 2.22. The summed E-state index contributed by atoms with van der Waals surface area (Å²) in [6.07, 6.45) is 0. The van der Waals surface area contributed by atoms with Crippen molar-refractivity contribution in [1.82, 2.24) is 10.2 Å². The van der Waals surface area contributed by atoms with Crippen molar-refractivity contribution in [1.29, 1.82) is 0 Å². The van der Waals surface area contributed by atoms with Crippen molar-refractivity contribution in [3.63, 3.8) is 0 Å². The van der Waals surface area contributed by atoms with Crippen LogP contribution in [0.4, 0.5) is 0 Å². The number of nitrogens with zero attached hydrogens (tertiary/aromatic N) is 1. The summed E-state index contributed by atoms with van der Waals surface area (Å²) in [5.41, 5.74) is 0. The summed E-state index contributed by atoms with van der Waals surface area (Å²) in [4.78, 5) is 14.0. The second-order valence-corrected chi connectivity index (χ2v) is 4.14. The molecule has 96 valence electrons. The van der Waals surface area contributed by atoms with Crippen molar-refractivity contribution >= 4 is 5.91 Å². The van der Waals surface area contributed by atoms with Gasteiger partial charge in [-0.25, -0.2) is 0 Å². The Balaban J connectivity index is 4.28. The Hall–Kier alpha value is -0.610. The third-order valence-electron chi connectivity index (χ3n) is 2.69. The van der Waals surface area contributed by atoms with Crippen LogP contribution in [0.3, 0.4) is 0 Å². The maximum absolute atomic E-state index is 12.1. The minimum atomic E-state index is 0.0270. The first-order valence-electron chi connectivity index (χ1n) is 6.08. The highest BCUT2D eigenvalue weighted by molar-refractivity contribution is 5.79. The Labute approximate surface area is 99.3 Å². The van der Waals surface area contributed by atoms with Crippen molar-refractivity contribution in [2.45, 2.75) is 33.7 Å². The first-order valence-corrected chi connectivity index (χ1v) is 6.08. The van der Waals surface area contributed by atoms with E-state index in [2.05, 4.69) is 5.32 Å². The fraction of sp³-hybridized carbons (Fsp3) is 0.917. The van der Waals surface area contributed by atoms with Crippen LogP contribution in [0.5, 0.6) is 0 Å². The molecule has 0 bridgehead atoms. The second kappa shape index (κ2) is 8.53. The molecule has 16 heavy (non-hydrogen) atoms. The smallest absolute Gasteiger partial charge is 0.226 e. The molecule has 2 atom stereocenters. The number of carbonyl (C=O) groups excluding carboxylic acids is 1. The number of ether oxygens (including phenoxy) is 1. The Morgan fingerprint density at radius 2 is 2.00 bits per heavy atom. The van der Waals surface area contributed by atoms with Crippen LogP contribution in [-0.2, 0) is 9.53 Å². The van der Waals surface area contributed by atoms with Gasteiger partial charge in [0.25, 0.3) is 0 Å². The first-order chi connectivity index (χ1) is 7.58. The molecule has 0 spiro atoms. The number of carbonyl (C=O) groups is 1. The van der Waals surface area contributed by atoms with Gasteiger partial charge in [-0.2, -0.15) is 0 Å². The lowest BCUT2D eigenvalue weighted by atomic mass is 10.1. The average Bonchev–Trinajstić information content (AvgIpc) is 2.27. The number of hydrogen-bond donors (Lipinski definition) is 1. The maximum Gasteiger partial charge on any atom is 0.226 e. The molecular weight excluding hydrogens is 204 g/mol. The van der Waals surface area contributed by atoms with Crippen LogP contribution in [0.1, 0.15) is 27.7 Å². The molecule has 0 aliphatic heterocycles. The van der Waals surface area contributed by atoms with Gasteiger partial charge in [-0.3, -0.25) is 4.79 Å². The van der Waals surface area contributed by atoms with Gasteiger partial charge in [-0.05, 0) is 20.4 Å². The van der Waals surface area contributed by atoms with Crippen LogP contribution >= 0.6 is 0 Å². The van der Waals surface area contributed by atoms with Gasteiger partial charge in [-0.1, -0.05) is 13.8 Å². The molecule has 1 N–H and O–H groups in total. The molecule has 0 saturated heterocycles. The molecule has 4 nitrogen and oxygen atoms in total. The van der Waals surface area contributed by atoms with Crippen LogP contribution in [-0.4, -0.2) is 50.2 Å². The normalized spacial score (nSPS) is 14.6. The molecular formula is C12H26N2O2. The quantitative estimate of drug-likeness (QED) is 0.679. The largest absolute Gasteiger partial charge is 0.383 e. The summed E-state index contributed by atoms with van der Waals surface area (Å²) in [6, 6.07) is 0.145. The zero-order valence-electron chi connectivity index (χ0n) is 11.2. The van der Waals surface area contributed by atoms with Crippen LogP contribution in [0.15, 0.2) is 0 Å². The van der Waals surface area contributed by atoms with E-state index >= 15 is 0 Å². The fourth-order valence-electron chi connectivity index (χ4n) is 1.75. The lowest BCUT2D eigenvalue weighted by Gasteiger charge is -2.30. The van der Waals surface area contributed by atoms with E-state index < -0.39 is 0 Å². The van der Waals surface area contributed by atoms with E-state index in [1.807, 2.05) is 32.6 Å². The van der Waals surface area contributed by atoms with Crippen molar-refractivity contribution in [2.24, 2.45) is 5.92 Å². The summed E-state index contributed by atoms with van der Waals surface area (Å²) in [5, 5.41) is 3.20. The number of rotatable bonds is 8. The lowest BCUT2D eigenvalue weighted by Crippen LogP contribution is -2.45. The van der Waals surface area contributed by atoms with E-state index in [1.54, 1.807) is 7.11 Å². The molecule has 1 amide bonds. The van der Waals surface area contributed by atoms with Gasteiger partial charge in [-0.15, -0.1) is 0 Å². The number of nitrogens with one attached hydrogen (secondary N) is 1. The summed E-state index contributed by atoms with van der Waals surface area (Å²) in [6.45, 7) is 11.0. The standard InChI is InChI=1S/C12H26N2O2/c1-6-13-8-10(3)12(15)14(7-2)11(4)9-16-5/h10-11,13H,6-9H2,1-5H3. The highest BCUT2D eigenvalue weighted by Crippen LogP contribution is 2.06. The number of amides is 1. The van der Waals surface area contributed by atoms with E-state index in [-0.39, 0.29) is 17.9 Å². The third kappa shape index (κ3) is 4.94. The lowest BCUT2D eigenvalue weighted by molar-refractivity contribution is -0.137. The van der Waals surface area contributed by atoms with Crippen molar-refractivity contribution in [3.05, 3.63) is 0 Å². The Bertz CT molecular complexity index is 197. The van der Waals surface area contributed by atoms with Crippen LogP contribution in [0.2, 0.25) is 0 Å². The SMILES string of the molecule is CCNCC(C)C(=O)N(CC)C(C)COC. The molecule has 0 aromatic carbocycles. The zero-order chi connectivity index (χ0) is 12.6. The van der Waals surface area contributed by atoms with Gasteiger partial charge in [0.1, 0.15) is 0 Å². The summed E-state index contributed by atoms with van der Waals surface area (Å²) < 4.78 is 5.09. The van der Waals surface area contributed by atoms with Gasteiger partial charge in [0.15, 0.2) is 0 Å². The van der Waals surface area contributed by atoms with E-state index in [1.165, 1.54) is 0 Å². The van der Waals surface area contributed by atoms with Crippen molar-refractivity contribution in [2.75, 3.05) is 33.4 Å². The Kier molecular flexibility index (Phi) is 8.21. The molecule has 0 aromatic rings. The van der Waals surface area contributed by atoms with Crippen LogP contribution in [0.25, 0.3) is 0 Å². The predicted octanol–water partition coefficient (Wildman–Crippen LogP) is 1.12. The van der Waals surface area contributed by atoms with E-state index in [9.17, 15) is 4.79 Å². The Morgan fingerprint density at radius 3 is 2.44 bits per heavy atom. The molecule has 0 radical (unpaired) electrons. The number of hydrogen-bond acceptors (Lipinski definition) is 3. The van der Waals surface area contributed by atoms with Gasteiger partial charge in [0, 0.05) is 26.1 Å². The number of methoxy groups -OCH3 is 1. The van der Waals surface area contributed by atoms with E-state index in [0.29, 0.717) is 6.61 Å². The molecule has 0 heterocycles. The molecule has 0 fully saturated rings. The maximum atomic E-state index is 12.1. The Morgan fingerprint density at radius 1 is 1.38 bits per heavy atom. The molecule has 4 heteroatoms. The molecule has 0 saturated carbocycles. The topological polar surface area (TPSA) is 41.6 Å². The van der Waals surface area contributed by atoms with Gasteiger partial charge < -0.3 is 15.0 Å². The van der Waals surface area contributed by atoms with Crippen LogP contribution in [0, 0.1) is 5.92 Å². The zero-order valence-corrected chi connectivity index (χ0v) is 11.2. The molecule has 0 aromatic heterocycles. The average molecular weight is 230 g/mol.